The Morgan fingerprint density at radius 3 is 1.60 bits per heavy atom. The summed E-state index contributed by atoms with van der Waals surface area (Å²) < 4.78 is 16.0. The largest absolute Gasteiger partial charge is 0.481 e. The van der Waals surface area contributed by atoms with Crippen LogP contribution >= 0.6 is 0 Å². The molecule has 2 fully saturated rings. The van der Waals surface area contributed by atoms with Gasteiger partial charge in [0.2, 0.25) is 29.5 Å². The van der Waals surface area contributed by atoms with Crippen LogP contribution in [0.3, 0.4) is 0 Å². The van der Waals surface area contributed by atoms with Gasteiger partial charge in [0.15, 0.2) is 0 Å². The summed E-state index contributed by atoms with van der Waals surface area (Å²) in [4.78, 5) is 120. The Bertz CT molecular complexity index is 1790. The van der Waals surface area contributed by atoms with Gasteiger partial charge in [-0.3, -0.25) is 48.1 Å². The SMILES string of the molecule is CCCOCCOCCOCCCNC(=O)CCN1C(=O)CC(C)C1=O.CCNC(=O)C(CCC(=O)O)CC(=O)CCC(NC(=O)C1CCC(CCC(=O)CCCCCCCCCCCCCCCCCCC(=O)O)CC1)C(=O)O. The van der Waals surface area contributed by atoms with Crippen molar-refractivity contribution in [1.82, 2.24) is 20.9 Å². The Hall–Kier alpha value is -4.82. The molecule has 80 heavy (non-hydrogen) atoms. The van der Waals surface area contributed by atoms with Crippen molar-refractivity contribution < 1.29 is 77.5 Å². The molecule has 2 rings (SSSR count). The predicted octanol–water partition coefficient (Wildman–Crippen LogP) is 8.91. The highest BCUT2D eigenvalue weighted by Gasteiger charge is 2.35. The van der Waals surface area contributed by atoms with E-state index in [1.54, 1.807) is 13.8 Å². The number of hydrogen-bond acceptors (Lipinski definition) is 13. The lowest BCUT2D eigenvalue weighted by Gasteiger charge is -2.28. The number of amides is 5. The maximum absolute atomic E-state index is 12.9. The van der Waals surface area contributed by atoms with Crippen molar-refractivity contribution in [3.63, 3.8) is 0 Å². The summed E-state index contributed by atoms with van der Waals surface area (Å²) >= 11 is 0. The van der Waals surface area contributed by atoms with Crippen LogP contribution in [0, 0.1) is 23.7 Å². The number of ketones is 2. The molecule has 5 amide bonds. The Morgan fingerprint density at radius 1 is 0.575 bits per heavy atom. The number of Topliss-reactive ketones (excluding diaryl/α,β-unsaturated/α-hetero) is 2. The molecule has 1 saturated carbocycles. The molecule has 0 aromatic carbocycles. The summed E-state index contributed by atoms with van der Waals surface area (Å²) in [5, 5.41) is 35.3. The molecule has 1 aliphatic heterocycles. The summed E-state index contributed by atoms with van der Waals surface area (Å²) in [5.41, 5.74) is 0. The Morgan fingerprint density at radius 2 is 1.10 bits per heavy atom. The third-order valence-electron chi connectivity index (χ3n) is 14.8. The Balaban J connectivity index is 0.00000102. The minimum atomic E-state index is -1.23. The average molecular weight is 1140 g/mol. The highest BCUT2D eigenvalue weighted by molar-refractivity contribution is 6.03. The molecule has 1 heterocycles. The number of nitrogens with zero attached hydrogens (tertiary/aromatic N) is 1. The van der Waals surface area contributed by atoms with E-state index in [1.807, 2.05) is 0 Å². The van der Waals surface area contributed by atoms with Crippen LogP contribution in [0.2, 0.25) is 0 Å². The standard InChI is InChI=1S/C42H72N2O10.C18H32N2O6/c1-2-43-40(51)34(26-30-39(49)50)31-36(46)28-29-37(42(53)54)44-41(52)33-24-21-32(22-25-33)23-27-35(45)19-17-15-13-11-9-7-5-3-4-6-8-10-12-14-16-18-20-38(47)48;1-3-8-24-10-12-26-13-11-25-9-4-6-19-16(21)5-7-20-17(22)14-15(2)18(20)23/h32-34,37H,2-31H2,1H3,(H,43,51)(H,44,52)(H,47,48)(H,49,50)(H,53,54);15H,3-14H2,1-2H3,(H,19,21). The fourth-order valence-corrected chi connectivity index (χ4v) is 9.92. The first-order valence-electron chi connectivity index (χ1n) is 30.6. The zero-order valence-electron chi connectivity index (χ0n) is 49.2. The summed E-state index contributed by atoms with van der Waals surface area (Å²) in [7, 11) is 0. The Labute approximate surface area is 477 Å². The molecule has 3 atom stereocenters. The van der Waals surface area contributed by atoms with Crippen LogP contribution < -0.4 is 16.0 Å². The molecule has 0 aromatic heterocycles. The smallest absolute Gasteiger partial charge is 0.326 e. The van der Waals surface area contributed by atoms with Gasteiger partial charge in [-0.05, 0) is 83.5 Å². The van der Waals surface area contributed by atoms with Crippen LogP contribution in [-0.4, -0.2) is 145 Å². The van der Waals surface area contributed by atoms with Gasteiger partial charge in [0.1, 0.15) is 17.6 Å². The van der Waals surface area contributed by atoms with Crippen LogP contribution in [-0.2, 0) is 62.2 Å². The maximum Gasteiger partial charge on any atom is 0.326 e. The van der Waals surface area contributed by atoms with Gasteiger partial charge in [0.25, 0.3) is 0 Å². The number of hydrogen-bond donors (Lipinski definition) is 6. The van der Waals surface area contributed by atoms with Crippen LogP contribution in [0.5, 0.6) is 0 Å². The van der Waals surface area contributed by atoms with E-state index in [0.29, 0.717) is 96.4 Å². The first kappa shape index (κ1) is 73.2. The van der Waals surface area contributed by atoms with E-state index in [1.165, 1.54) is 75.5 Å². The van der Waals surface area contributed by atoms with Crippen molar-refractivity contribution in [3.05, 3.63) is 0 Å². The van der Waals surface area contributed by atoms with Crippen LogP contribution in [0.25, 0.3) is 0 Å². The lowest BCUT2D eigenvalue weighted by atomic mass is 9.79. The number of imide groups is 1. The normalized spacial score (nSPS) is 16.8. The van der Waals surface area contributed by atoms with Crippen molar-refractivity contribution >= 4 is 59.0 Å². The number of carbonyl (C=O) groups excluding carboxylic acids is 7. The summed E-state index contributed by atoms with van der Waals surface area (Å²) in [6, 6.07) is -1.23. The number of carbonyl (C=O) groups is 10. The molecule has 20 nitrogen and oxygen atoms in total. The van der Waals surface area contributed by atoms with Gasteiger partial charge in [0.05, 0.1) is 26.4 Å². The minimum absolute atomic E-state index is 0.00885. The second kappa shape index (κ2) is 47.8. The van der Waals surface area contributed by atoms with Gasteiger partial charge in [-0.2, -0.15) is 0 Å². The molecule has 6 N–H and O–H groups in total. The molecule has 0 radical (unpaired) electrons. The van der Waals surface area contributed by atoms with E-state index in [4.69, 9.17) is 24.4 Å². The molecule has 1 saturated heterocycles. The number of likely N-dealkylation sites (tertiary alicyclic amines) is 1. The van der Waals surface area contributed by atoms with Crippen LogP contribution in [0.15, 0.2) is 0 Å². The number of nitrogens with one attached hydrogen (secondary N) is 3. The molecular weight excluding hydrogens is 1030 g/mol. The average Bonchev–Trinajstić information content (AvgIpc) is 3.70. The van der Waals surface area contributed by atoms with E-state index < -0.39 is 35.8 Å². The van der Waals surface area contributed by atoms with Gasteiger partial charge in [-0.25, -0.2) is 4.79 Å². The third kappa shape index (κ3) is 38.8. The number of unbranched alkanes of at least 4 members (excludes halogenated alkanes) is 15. The molecule has 0 spiro atoms. The number of ether oxygens (including phenoxy) is 3. The molecule has 460 valence electrons. The topological polar surface area (TPSA) is 298 Å². The molecule has 20 heteroatoms. The van der Waals surface area contributed by atoms with E-state index in [0.717, 1.165) is 64.4 Å². The highest BCUT2D eigenvalue weighted by Crippen LogP contribution is 2.32. The summed E-state index contributed by atoms with van der Waals surface area (Å²) in [6.45, 7) is 10.0. The first-order valence-corrected chi connectivity index (χ1v) is 30.6. The predicted molar refractivity (Wildman–Crippen MR) is 303 cm³/mol. The van der Waals surface area contributed by atoms with Crippen molar-refractivity contribution in [2.75, 3.05) is 59.3 Å². The fraction of sp³-hybridized carbons (Fsp3) is 0.833. The van der Waals surface area contributed by atoms with Crippen molar-refractivity contribution in [3.8, 4) is 0 Å². The zero-order chi connectivity index (χ0) is 59.2. The van der Waals surface area contributed by atoms with Crippen LogP contribution in [0.4, 0.5) is 0 Å². The lowest BCUT2D eigenvalue weighted by Crippen LogP contribution is -2.44. The third-order valence-corrected chi connectivity index (χ3v) is 14.8. The molecule has 3 unspecified atom stereocenters. The van der Waals surface area contributed by atoms with E-state index in [9.17, 15) is 53.1 Å². The minimum Gasteiger partial charge on any atom is -0.481 e. The second-order valence-corrected chi connectivity index (χ2v) is 21.8. The monoisotopic (exact) mass is 1140 g/mol. The van der Waals surface area contributed by atoms with Crippen molar-refractivity contribution in [2.45, 2.75) is 239 Å². The van der Waals surface area contributed by atoms with E-state index in [2.05, 4.69) is 22.9 Å². The zero-order valence-corrected chi connectivity index (χ0v) is 49.2. The van der Waals surface area contributed by atoms with Gasteiger partial charge < -0.3 is 45.5 Å². The van der Waals surface area contributed by atoms with Crippen molar-refractivity contribution in [2.24, 2.45) is 23.7 Å². The Kier molecular flexibility index (Phi) is 43.7. The number of carboxylic acid groups (broad SMARTS) is 3. The van der Waals surface area contributed by atoms with Crippen molar-refractivity contribution in [1.29, 1.82) is 0 Å². The lowest BCUT2D eigenvalue weighted by molar-refractivity contribution is -0.143. The van der Waals surface area contributed by atoms with Gasteiger partial charge in [-0.1, -0.05) is 104 Å². The van der Waals surface area contributed by atoms with E-state index >= 15 is 0 Å². The molecule has 2 aliphatic rings. The molecular formula is C60H104N4O16. The first-order chi connectivity index (χ1) is 38.5. The van der Waals surface area contributed by atoms with Gasteiger partial charge in [0, 0.05) is 102 Å². The number of aliphatic carboxylic acids is 3. The highest BCUT2D eigenvalue weighted by atomic mass is 16.5. The number of rotatable bonds is 50. The molecule has 0 bridgehead atoms. The van der Waals surface area contributed by atoms with E-state index in [-0.39, 0.29) is 92.7 Å². The fourth-order valence-electron chi connectivity index (χ4n) is 9.92. The summed E-state index contributed by atoms with van der Waals surface area (Å²) in [6.07, 6.45) is 25.6. The second-order valence-electron chi connectivity index (χ2n) is 21.8. The maximum atomic E-state index is 12.9. The molecule has 1 aliphatic carbocycles. The van der Waals surface area contributed by atoms with Gasteiger partial charge >= 0.3 is 17.9 Å². The quantitative estimate of drug-likeness (QED) is 0.0245. The van der Waals surface area contributed by atoms with Gasteiger partial charge in [-0.15, -0.1) is 0 Å². The number of carboxylic acids is 3. The molecule has 0 aromatic rings. The van der Waals surface area contributed by atoms with Crippen LogP contribution in [0.1, 0.15) is 233 Å². The summed E-state index contributed by atoms with van der Waals surface area (Å²) in [5.74, 6) is -5.32.